The number of benzene rings is 1. The molecule has 0 aromatic heterocycles. The molecule has 0 saturated heterocycles. The van der Waals surface area contributed by atoms with Crippen LogP contribution in [0.2, 0.25) is 5.02 Å². The quantitative estimate of drug-likeness (QED) is 0.650. The third-order valence-corrected chi connectivity index (χ3v) is 4.36. The first-order valence-corrected chi connectivity index (χ1v) is 8.22. The van der Waals surface area contributed by atoms with Crippen LogP contribution in [-0.4, -0.2) is 39.3 Å². The van der Waals surface area contributed by atoms with Crippen LogP contribution in [0.25, 0.3) is 0 Å². The summed E-state index contributed by atoms with van der Waals surface area (Å²) in [5.41, 5.74) is 0.531. The lowest BCUT2D eigenvalue weighted by atomic mass is 9.75. The minimum atomic E-state index is -0.489. The molecule has 2 N–H and O–H groups in total. The molecule has 0 aliphatic carbocycles. The van der Waals surface area contributed by atoms with Gasteiger partial charge in [-0.15, -0.1) is 0 Å². The van der Waals surface area contributed by atoms with E-state index in [0.29, 0.717) is 18.2 Å². The Morgan fingerprint density at radius 3 is 2.32 bits per heavy atom. The van der Waals surface area contributed by atoms with Gasteiger partial charge in [-0.1, -0.05) is 37.6 Å². The van der Waals surface area contributed by atoms with Gasteiger partial charge in [0, 0.05) is 31.8 Å². The van der Waals surface area contributed by atoms with Crippen molar-refractivity contribution in [1.29, 1.82) is 0 Å². The van der Waals surface area contributed by atoms with Crippen LogP contribution in [0.4, 0.5) is 0 Å². The van der Waals surface area contributed by atoms with Gasteiger partial charge in [0.2, 0.25) is 5.91 Å². The topological polar surface area (TPSA) is 50.4 Å². The van der Waals surface area contributed by atoms with E-state index in [1.54, 1.807) is 7.11 Å². The lowest BCUT2D eigenvalue weighted by Gasteiger charge is -2.31. The van der Waals surface area contributed by atoms with Crippen LogP contribution in [0.15, 0.2) is 24.3 Å². The first-order chi connectivity index (χ1) is 10.6. The molecule has 1 aromatic rings. The second kappa shape index (κ2) is 9.82. The van der Waals surface area contributed by atoms with Crippen LogP contribution in [0, 0.1) is 0 Å². The molecule has 0 bridgehead atoms. The van der Waals surface area contributed by atoms with Gasteiger partial charge in [0.15, 0.2) is 0 Å². The molecule has 124 valence electrons. The molecule has 0 unspecified atom stereocenters. The second-order valence-electron chi connectivity index (χ2n) is 5.29. The highest BCUT2D eigenvalue weighted by Crippen LogP contribution is 2.32. The predicted molar refractivity (Wildman–Crippen MR) is 91.5 cm³/mol. The molecule has 0 fully saturated rings. The molecule has 0 aliphatic heterocycles. The SMILES string of the molecule is CCC(CC)(C(=O)NCCNCCOC)c1ccc(Cl)cc1. The maximum absolute atomic E-state index is 12.7. The molecule has 4 nitrogen and oxygen atoms in total. The summed E-state index contributed by atoms with van der Waals surface area (Å²) >= 11 is 5.95. The number of hydrogen-bond donors (Lipinski definition) is 2. The molecule has 1 rings (SSSR count). The Morgan fingerprint density at radius 1 is 1.14 bits per heavy atom. The number of hydrogen-bond acceptors (Lipinski definition) is 3. The molecule has 22 heavy (non-hydrogen) atoms. The zero-order valence-corrected chi connectivity index (χ0v) is 14.5. The van der Waals surface area contributed by atoms with Crippen LogP contribution in [0.3, 0.4) is 0 Å². The van der Waals surface area contributed by atoms with Gasteiger partial charge < -0.3 is 15.4 Å². The van der Waals surface area contributed by atoms with Crippen molar-refractivity contribution in [3.63, 3.8) is 0 Å². The monoisotopic (exact) mass is 326 g/mol. The number of halogens is 1. The van der Waals surface area contributed by atoms with Crippen LogP contribution in [0.1, 0.15) is 32.3 Å². The highest BCUT2D eigenvalue weighted by molar-refractivity contribution is 6.30. The second-order valence-corrected chi connectivity index (χ2v) is 5.73. The standard InChI is InChI=1S/C17H27ClN2O2/c1-4-17(5-2,14-6-8-15(18)9-7-14)16(21)20-11-10-19-12-13-22-3/h6-9,19H,4-5,10-13H2,1-3H3,(H,20,21). The van der Waals surface area contributed by atoms with E-state index in [-0.39, 0.29) is 5.91 Å². The normalized spacial score (nSPS) is 11.5. The molecule has 5 heteroatoms. The summed E-state index contributed by atoms with van der Waals surface area (Å²) in [7, 11) is 1.67. The highest BCUT2D eigenvalue weighted by Gasteiger charge is 2.36. The van der Waals surface area contributed by atoms with Gasteiger partial charge in [0.05, 0.1) is 12.0 Å². The maximum atomic E-state index is 12.7. The molecule has 0 saturated carbocycles. The van der Waals surface area contributed by atoms with Crippen LogP contribution in [-0.2, 0) is 14.9 Å². The molecular weight excluding hydrogens is 300 g/mol. The molecule has 0 spiro atoms. The summed E-state index contributed by atoms with van der Waals surface area (Å²) in [6, 6.07) is 7.59. The van der Waals surface area contributed by atoms with E-state index < -0.39 is 5.41 Å². The van der Waals surface area contributed by atoms with Crippen molar-refractivity contribution >= 4 is 17.5 Å². The van der Waals surface area contributed by atoms with E-state index in [1.807, 2.05) is 24.3 Å². The minimum Gasteiger partial charge on any atom is -0.383 e. The van der Waals surface area contributed by atoms with E-state index in [9.17, 15) is 4.79 Å². The van der Waals surface area contributed by atoms with Gasteiger partial charge in [0.25, 0.3) is 0 Å². The van der Waals surface area contributed by atoms with Crippen LogP contribution < -0.4 is 10.6 Å². The summed E-state index contributed by atoms with van der Waals surface area (Å²) in [4.78, 5) is 12.7. The smallest absolute Gasteiger partial charge is 0.230 e. The number of carbonyl (C=O) groups excluding carboxylic acids is 1. The highest BCUT2D eigenvalue weighted by atomic mass is 35.5. The lowest BCUT2D eigenvalue weighted by molar-refractivity contribution is -0.127. The Labute approximate surface area is 138 Å². The average Bonchev–Trinajstić information content (AvgIpc) is 2.54. The van der Waals surface area contributed by atoms with Gasteiger partial charge in [-0.05, 0) is 30.5 Å². The Kier molecular flexibility index (Phi) is 8.46. The number of carbonyl (C=O) groups is 1. The van der Waals surface area contributed by atoms with E-state index >= 15 is 0 Å². The minimum absolute atomic E-state index is 0.0772. The molecule has 0 heterocycles. The van der Waals surface area contributed by atoms with Crippen molar-refractivity contribution < 1.29 is 9.53 Å². The van der Waals surface area contributed by atoms with Crippen molar-refractivity contribution in [3.8, 4) is 0 Å². The summed E-state index contributed by atoms with van der Waals surface area (Å²) < 4.78 is 4.97. The number of nitrogens with one attached hydrogen (secondary N) is 2. The Balaban J connectivity index is 2.65. The Hall–Kier alpha value is -1.10. The van der Waals surface area contributed by atoms with Gasteiger partial charge in [-0.2, -0.15) is 0 Å². The van der Waals surface area contributed by atoms with Crippen molar-refractivity contribution in [2.75, 3.05) is 33.4 Å². The molecule has 1 amide bonds. The summed E-state index contributed by atoms with van der Waals surface area (Å²) in [5.74, 6) is 0.0772. The summed E-state index contributed by atoms with van der Waals surface area (Å²) in [6.45, 7) is 6.91. The zero-order chi connectivity index (χ0) is 16.4. The number of methoxy groups -OCH3 is 1. The molecule has 0 aliphatic rings. The zero-order valence-electron chi connectivity index (χ0n) is 13.7. The number of ether oxygens (including phenoxy) is 1. The van der Waals surface area contributed by atoms with Crippen molar-refractivity contribution in [2.24, 2.45) is 0 Å². The van der Waals surface area contributed by atoms with Crippen molar-refractivity contribution in [2.45, 2.75) is 32.1 Å². The van der Waals surface area contributed by atoms with Gasteiger partial charge in [-0.3, -0.25) is 4.79 Å². The van der Waals surface area contributed by atoms with Crippen molar-refractivity contribution in [1.82, 2.24) is 10.6 Å². The number of rotatable bonds is 10. The van der Waals surface area contributed by atoms with Crippen molar-refractivity contribution in [3.05, 3.63) is 34.9 Å². The predicted octanol–water partition coefficient (Wildman–Crippen LogP) is 2.75. The lowest BCUT2D eigenvalue weighted by Crippen LogP contribution is -2.45. The summed E-state index contributed by atoms with van der Waals surface area (Å²) in [5, 5.41) is 6.95. The van der Waals surface area contributed by atoms with Crippen LogP contribution >= 0.6 is 11.6 Å². The first-order valence-electron chi connectivity index (χ1n) is 7.84. The fourth-order valence-electron chi connectivity index (χ4n) is 2.61. The first kappa shape index (κ1) is 18.9. The third-order valence-electron chi connectivity index (χ3n) is 4.11. The van der Waals surface area contributed by atoms with Gasteiger partial charge in [0.1, 0.15) is 0 Å². The van der Waals surface area contributed by atoms with Gasteiger partial charge >= 0.3 is 0 Å². The van der Waals surface area contributed by atoms with Crippen LogP contribution in [0.5, 0.6) is 0 Å². The molecular formula is C17H27ClN2O2. The molecule has 1 aromatic carbocycles. The fourth-order valence-corrected chi connectivity index (χ4v) is 2.74. The molecule has 0 radical (unpaired) electrons. The average molecular weight is 327 g/mol. The van der Waals surface area contributed by atoms with E-state index in [1.165, 1.54) is 0 Å². The maximum Gasteiger partial charge on any atom is 0.230 e. The Bertz CT molecular complexity index is 444. The van der Waals surface area contributed by atoms with E-state index in [2.05, 4.69) is 24.5 Å². The van der Waals surface area contributed by atoms with E-state index in [0.717, 1.165) is 31.5 Å². The Morgan fingerprint density at radius 2 is 1.77 bits per heavy atom. The fraction of sp³-hybridized carbons (Fsp3) is 0.588. The van der Waals surface area contributed by atoms with Gasteiger partial charge in [-0.25, -0.2) is 0 Å². The molecule has 0 atom stereocenters. The number of amides is 1. The summed E-state index contributed by atoms with van der Waals surface area (Å²) in [6.07, 6.45) is 1.52. The largest absolute Gasteiger partial charge is 0.383 e. The van der Waals surface area contributed by atoms with E-state index in [4.69, 9.17) is 16.3 Å². The third kappa shape index (κ3) is 4.97.